The van der Waals surface area contributed by atoms with Crippen molar-refractivity contribution in [3.8, 4) is 0 Å². The Hall–Kier alpha value is -0.0700. The second-order valence-corrected chi connectivity index (χ2v) is 0.756. The Balaban J connectivity index is 2.62. The molecule has 0 aliphatic carbocycles. The van der Waals surface area contributed by atoms with E-state index in [-0.39, 0.29) is 0 Å². The van der Waals surface area contributed by atoms with E-state index in [1.165, 1.54) is 0 Å². The molecule has 2 N–H and O–H groups in total. The van der Waals surface area contributed by atoms with E-state index in [1.807, 2.05) is 0 Å². The van der Waals surface area contributed by atoms with Crippen molar-refractivity contribution in [2.75, 3.05) is 0 Å². The summed E-state index contributed by atoms with van der Waals surface area (Å²) in [6, 6.07) is 0. The van der Waals surface area contributed by atoms with Gasteiger partial charge in [-0.15, -0.1) is 0 Å². The predicted octanol–water partition coefficient (Wildman–Crippen LogP) is 0.682. The van der Waals surface area contributed by atoms with Crippen molar-refractivity contribution in [2.45, 2.75) is 0 Å². The third-order valence-corrected chi connectivity index (χ3v) is 0.298. The highest BCUT2D eigenvalue weighted by Gasteiger charge is 1.50. The maximum absolute atomic E-state index is 7.46. The molecular weight excluding hydrogens is 185 g/mol. The van der Waals surface area contributed by atoms with Gasteiger partial charge in [0.05, 0.1) is 22.9 Å². The van der Waals surface area contributed by atoms with E-state index in [2.05, 4.69) is 14.1 Å². The van der Waals surface area contributed by atoms with Crippen LogP contribution in [-0.4, -0.2) is 5.21 Å². The van der Waals surface area contributed by atoms with Gasteiger partial charge in [0, 0.05) is 5.28 Å². The lowest BCUT2D eigenvalue weighted by Gasteiger charge is -1.68. The highest BCUT2D eigenvalue weighted by atomic mass is 127. The van der Waals surface area contributed by atoms with Crippen LogP contribution in [0.4, 0.5) is 0 Å². The molecule has 0 heterocycles. The van der Waals surface area contributed by atoms with Crippen LogP contribution in [0, 0.1) is 0 Å². The third-order valence-electron chi connectivity index (χ3n) is 0.0825. The summed E-state index contributed by atoms with van der Waals surface area (Å²) in [5, 5.41) is 12.7. The Morgan fingerprint density at radius 2 is 2.40 bits per heavy atom. The molecule has 0 rings (SSSR count). The smallest absolute Gasteiger partial charge is 0.0766 e. The number of rotatable bonds is 1. The average molecular weight is 187 g/mol. The second-order valence-electron chi connectivity index (χ2n) is 0.274. The Morgan fingerprint density at radius 1 is 1.80 bits per heavy atom. The molecule has 4 nitrogen and oxygen atoms in total. The van der Waals surface area contributed by atoms with Crippen LogP contribution in [0.25, 0.3) is 0 Å². The molecule has 0 aliphatic heterocycles. The van der Waals surface area contributed by atoms with Crippen LogP contribution in [0.2, 0.25) is 0 Å². The summed E-state index contributed by atoms with van der Waals surface area (Å²) in [4.78, 5) is 0. The van der Waals surface area contributed by atoms with Crippen molar-refractivity contribution in [3.05, 3.63) is 0 Å². The van der Waals surface area contributed by atoms with Gasteiger partial charge in [0.1, 0.15) is 0 Å². The van der Waals surface area contributed by atoms with Crippen LogP contribution in [-0.2, 0) is 0 Å². The maximum Gasteiger partial charge on any atom is 0.0766 e. The Bertz CT molecular complexity index is 33.9. The first-order valence-electron chi connectivity index (χ1n) is 0.813. The molecule has 0 saturated heterocycles. The van der Waals surface area contributed by atoms with Crippen molar-refractivity contribution in [1.82, 2.24) is 3.64 Å². The first kappa shape index (κ1) is 4.93. The van der Waals surface area contributed by atoms with Crippen molar-refractivity contribution < 1.29 is 5.21 Å². The fourth-order valence-electron chi connectivity index (χ4n) is 0.0169. The Kier molecular flexibility index (Phi) is 3.87. The molecule has 5 heteroatoms. The van der Waals surface area contributed by atoms with Gasteiger partial charge in [0.25, 0.3) is 0 Å². The molecule has 30 valence electrons. The molecule has 0 spiro atoms. The van der Waals surface area contributed by atoms with Crippen LogP contribution in [0.5, 0.6) is 0 Å². The van der Waals surface area contributed by atoms with Gasteiger partial charge in [-0.25, -0.2) is 3.64 Å². The molecular formula is H2IN3O. The van der Waals surface area contributed by atoms with Gasteiger partial charge < -0.3 is 5.21 Å². The molecule has 0 radical (unpaired) electrons. The van der Waals surface area contributed by atoms with Gasteiger partial charge in [0.2, 0.25) is 0 Å². The summed E-state index contributed by atoms with van der Waals surface area (Å²) >= 11 is 1.72. The quantitative estimate of drug-likeness (QED) is 0.274. The second kappa shape index (κ2) is 3.93. The van der Waals surface area contributed by atoms with Gasteiger partial charge in [0.15, 0.2) is 0 Å². The van der Waals surface area contributed by atoms with E-state index < -0.39 is 0 Å². The monoisotopic (exact) mass is 187 g/mol. The molecule has 0 aliphatic rings. The third kappa shape index (κ3) is 3.93. The topological polar surface area (TPSA) is 57.0 Å². The minimum atomic E-state index is 1.72. The zero-order valence-corrected chi connectivity index (χ0v) is 4.38. The lowest BCUT2D eigenvalue weighted by Crippen LogP contribution is -1.74. The van der Waals surface area contributed by atoms with Gasteiger partial charge in [-0.05, 0) is 5.22 Å². The molecule has 0 aromatic carbocycles. The molecule has 0 atom stereocenters. The lowest BCUT2D eigenvalue weighted by atomic mass is 12.7. The zero-order chi connectivity index (χ0) is 4.12. The number of nitrogens with zero attached hydrogens (tertiary/aromatic N) is 2. The highest BCUT2D eigenvalue weighted by molar-refractivity contribution is 14.1. The van der Waals surface area contributed by atoms with Crippen LogP contribution in [0.1, 0.15) is 0 Å². The number of hydrogen-bond acceptors (Lipinski definition) is 2. The van der Waals surface area contributed by atoms with Gasteiger partial charge >= 0.3 is 0 Å². The number of hydrogen-bond donors (Lipinski definition) is 2. The summed E-state index contributed by atoms with van der Waals surface area (Å²) in [6.45, 7) is 0. The van der Waals surface area contributed by atoms with Gasteiger partial charge in [-0.1, -0.05) is 0 Å². The Labute approximate surface area is 42.7 Å². The van der Waals surface area contributed by atoms with Gasteiger partial charge in [-0.2, -0.15) is 0 Å². The molecule has 0 aromatic rings. The fourth-order valence-corrected chi connectivity index (χ4v) is 0.113. The average Bonchev–Trinajstić information content (AvgIpc) is 1.41. The minimum absolute atomic E-state index is 1.72. The number of halogens is 1. The summed E-state index contributed by atoms with van der Waals surface area (Å²) in [5.74, 6) is 0. The van der Waals surface area contributed by atoms with Crippen LogP contribution in [0.15, 0.2) is 10.5 Å². The summed E-state index contributed by atoms with van der Waals surface area (Å²) in [5.41, 5.74) is 0. The summed E-state index contributed by atoms with van der Waals surface area (Å²) < 4.78 is 2.20. The van der Waals surface area contributed by atoms with Gasteiger partial charge in [-0.3, -0.25) is 0 Å². The van der Waals surface area contributed by atoms with E-state index in [1.54, 1.807) is 22.9 Å². The molecule has 0 aromatic heterocycles. The molecule has 5 heavy (non-hydrogen) atoms. The largest absolute Gasteiger partial charge is 0.393 e. The lowest BCUT2D eigenvalue weighted by molar-refractivity contribution is 0.279. The standard InChI is InChI=1S/H2IN3O/c1-2-3-4-5/h(H,2,4)(H,3,5). The van der Waals surface area contributed by atoms with E-state index in [0.717, 1.165) is 0 Å². The molecule has 0 bridgehead atoms. The molecule has 0 unspecified atom stereocenters. The van der Waals surface area contributed by atoms with Crippen molar-refractivity contribution in [2.24, 2.45) is 10.5 Å². The predicted molar refractivity (Wildman–Crippen MR) is 23.8 cm³/mol. The van der Waals surface area contributed by atoms with E-state index in [4.69, 9.17) is 5.21 Å². The first-order chi connectivity index (χ1) is 2.41. The van der Waals surface area contributed by atoms with Crippen LogP contribution >= 0.6 is 22.9 Å². The normalized spacial score (nSPS) is 9.00. The van der Waals surface area contributed by atoms with E-state index >= 15 is 0 Å². The van der Waals surface area contributed by atoms with Crippen molar-refractivity contribution in [3.63, 3.8) is 0 Å². The molecule has 0 fully saturated rings. The SMILES string of the molecule is ON=NNI. The van der Waals surface area contributed by atoms with Crippen LogP contribution < -0.4 is 3.64 Å². The zero-order valence-electron chi connectivity index (χ0n) is 2.22. The summed E-state index contributed by atoms with van der Waals surface area (Å²) in [7, 11) is 0. The minimum Gasteiger partial charge on any atom is -0.393 e. The summed E-state index contributed by atoms with van der Waals surface area (Å²) in [6.07, 6.45) is 0. The molecule has 0 amide bonds. The highest BCUT2D eigenvalue weighted by Crippen LogP contribution is 1.65. The Morgan fingerprint density at radius 3 is 2.40 bits per heavy atom. The van der Waals surface area contributed by atoms with Crippen molar-refractivity contribution in [1.29, 1.82) is 0 Å². The molecule has 0 saturated carbocycles. The van der Waals surface area contributed by atoms with E-state index in [9.17, 15) is 0 Å². The van der Waals surface area contributed by atoms with Crippen LogP contribution in [0.3, 0.4) is 0 Å². The number of nitrogens with one attached hydrogen (secondary N) is 1. The van der Waals surface area contributed by atoms with E-state index in [0.29, 0.717) is 0 Å². The maximum atomic E-state index is 7.46. The fraction of sp³-hybridized carbons (Fsp3) is 0. The van der Waals surface area contributed by atoms with Crippen molar-refractivity contribution >= 4 is 22.9 Å². The first-order valence-corrected chi connectivity index (χ1v) is 1.89.